The van der Waals surface area contributed by atoms with Gasteiger partial charge in [-0.2, -0.15) is 0 Å². The van der Waals surface area contributed by atoms with E-state index in [1.165, 1.54) is 0 Å². The Hall–Kier alpha value is -3.20. The van der Waals surface area contributed by atoms with Gasteiger partial charge in [-0.1, -0.05) is 24.3 Å². The van der Waals surface area contributed by atoms with Crippen LogP contribution in [0.3, 0.4) is 0 Å². The molecule has 25 heavy (non-hydrogen) atoms. The highest BCUT2D eigenvalue weighted by atomic mass is 16.7. The van der Waals surface area contributed by atoms with Gasteiger partial charge in [0, 0.05) is 6.92 Å². The lowest BCUT2D eigenvalue weighted by Gasteiger charge is -2.18. The van der Waals surface area contributed by atoms with E-state index in [1.807, 2.05) is 67.6 Å². The zero-order valence-electron chi connectivity index (χ0n) is 13.7. The Balaban J connectivity index is 1.71. The van der Waals surface area contributed by atoms with Crippen molar-refractivity contribution in [2.45, 2.75) is 13.2 Å². The maximum Gasteiger partial charge on any atom is 0.238 e. The van der Waals surface area contributed by atoms with Gasteiger partial charge in [0.05, 0.1) is 0 Å². The number of benzene rings is 4. The molecule has 1 aliphatic rings. The Morgan fingerprint density at radius 1 is 0.520 bits per heavy atom. The quantitative estimate of drug-likeness (QED) is 0.402. The Bertz CT molecular complexity index is 1010. The summed E-state index contributed by atoms with van der Waals surface area (Å²) in [5.74, 6) is 3.16. The molecule has 4 aromatic carbocycles. The lowest BCUT2D eigenvalue weighted by molar-refractivity contribution is 0.0225. The van der Waals surface area contributed by atoms with Gasteiger partial charge in [0.25, 0.3) is 0 Å². The first kappa shape index (κ1) is 14.2. The Morgan fingerprint density at radius 2 is 0.920 bits per heavy atom. The largest absolute Gasteiger partial charge is 0.457 e. The lowest BCUT2D eigenvalue weighted by Crippen LogP contribution is -2.19. The molecule has 4 aromatic rings. The van der Waals surface area contributed by atoms with Crippen LogP contribution in [0.15, 0.2) is 72.8 Å². The topological polar surface area (TPSA) is 27.7 Å². The molecule has 1 heterocycles. The minimum Gasteiger partial charge on any atom is -0.457 e. The van der Waals surface area contributed by atoms with Crippen LogP contribution in [-0.2, 0) is 0 Å². The molecular weight excluding hydrogens is 312 g/mol. The smallest absolute Gasteiger partial charge is 0.238 e. The summed E-state index contributed by atoms with van der Waals surface area (Å²) in [5.41, 5.74) is 0. The predicted octanol–water partition coefficient (Wildman–Crippen LogP) is 5.90. The fraction of sp³-hybridized carbons (Fsp3) is 0.0909. The number of hydrogen-bond donors (Lipinski definition) is 0. The van der Waals surface area contributed by atoms with E-state index < -0.39 is 0 Å². The monoisotopic (exact) mass is 328 g/mol. The molecule has 0 aliphatic carbocycles. The number of ether oxygens (including phenoxy) is 3. The van der Waals surface area contributed by atoms with Crippen molar-refractivity contribution in [2.75, 3.05) is 0 Å². The van der Waals surface area contributed by atoms with E-state index in [1.54, 1.807) is 0 Å². The number of hydrogen-bond acceptors (Lipinski definition) is 3. The Kier molecular flexibility index (Phi) is 3.07. The van der Waals surface area contributed by atoms with E-state index in [0.717, 1.165) is 44.5 Å². The highest BCUT2D eigenvalue weighted by Crippen LogP contribution is 2.32. The standard InChI is InChI=1S/C22H16O3/c1-14-23-19-6-2-15-4-8-21(12-17(15)10-19)25-22-9-5-16-3-7-20(24-14)11-18(16)13-22/h2-14H,1H3. The van der Waals surface area contributed by atoms with Crippen molar-refractivity contribution >= 4 is 21.5 Å². The molecule has 3 heteroatoms. The van der Waals surface area contributed by atoms with Gasteiger partial charge in [-0.3, -0.25) is 0 Å². The third-order valence-corrected chi connectivity index (χ3v) is 4.41. The van der Waals surface area contributed by atoms with Crippen molar-refractivity contribution in [2.24, 2.45) is 0 Å². The van der Waals surface area contributed by atoms with Crippen molar-refractivity contribution < 1.29 is 14.2 Å². The molecule has 0 aromatic heterocycles. The molecular formula is C22H16O3. The van der Waals surface area contributed by atoms with E-state index in [0.29, 0.717) is 0 Å². The zero-order valence-corrected chi connectivity index (χ0v) is 13.7. The van der Waals surface area contributed by atoms with Crippen molar-refractivity contribution in [3.63, 3.8) is 0 Å². The maximum atomic E-state index is 6.07. The normalized spacial score (nSPS) is 13.8. The summed E-state index contributed by atoms with van der Waals surface area (Å²) in [6.07, 6.45) is -0.388. The summed E-state index contributed by atoms with van der Waals surface area (Å²) in [5, 5.41) is 4.42. The first-order valence-electron chi connectivity index (χ1n) is 8.32. The van der Waals surface area contributed by atoms with Gasteiger partial charge in [-0.25, -0.2) is 0 Å². The summed E-state index contributed by atoms with van der Waals surface area (Å²) in [4.78, 5) is 0. The fourth-order valence-electron chi connectivity index (χ4n) is 3.22. The molecule has 3 nitrogen and oxygen atoms in total. The first-order valence-corrected chi connectivity index (χ1v) is 8.32. The van der Waals surface area contributed by atoms with Gasteiger partial charge in [0.2, 0.25) is 6.29 Å². The second-order valence-electron chi connectivity index (χ2n) is 6.25. The second kappa shape index (κ2) is 5.42. The molecule has 0 amide bonds. The fourth-order valence-corrected chi connectivity index (χ4v) is 3.22. The van der Waals surface area contributed by atoms with Gasteiger partial charge < -0.3 is 14.2 Å². The van der Waals surface area contributed by atoms with Crippen LogP contribution in [-0.4, -0.2) is 6.29 Å². The van der Waals surface area contributed by atoms with Crippen molar-refractivity contribution in [1.82, 2.24) is 0 Å². The molecule has 0 fully saturated rings. The third-order valence-electron chi connectivity index (χ3n) is 4.41. The Morgan fingerprint density at radius 3 is 1.40 bits per heavy atom. The first-order chi connectivity index (χ1) is 12.2. The second-order valence-corrected chi connectivity index (χ2v) is 6.25. The maximum absolute atomic E-state index is 6.07. The summed E-state index contributed by atoms with van der Waals surface area (Å²) < 4.78 is 17.9. The molecule has 5 rings (SSSR count). The van der Waals surface area contributed by atoms with E-state index >= 15 is 0 Å². The van der Waals surface area contributed by atoms with E-state index in [-0.39, 0.29) is 6.29 Å². The van der Waals surface area contributed by atoms with Crippen LogP contribution in [0.4, 0.5) is 0 Å². The van der Waals surface area contributed by atoms with E-state index in [9.17, 15) is 0 Å². The van der Waals surface area contributed by atoms with Crippen LogP contribution in [0.1, 0.15) is 6.92 Å². The highest BCUT2D eigenvalue weighted by molar-refractivity contribution is 5.86. The van der Waals surface area contributed by atoms with Gasteiger partial charge in [0.1, 0.15) is 23.0 Å². The predicted molar refractivity (Wildman–Crippen MR) is 98.7 cm³/mol. The summed E-state index contributed by atoms with van der Waals surface area (Å²) in [7, 11) is 0. The van der Waals surface area contributed by atoms with Gasteiger partial charge in [-0.05, 0) is 70.1 Å². The SMILES string of the molecule is CC1Oc2ccc3ccc(cc3c2)Oc2ccc3ccc(cc3c2)O1. The molecule has 0 N–H and O–H groups in total. The molecule has 0 spiro atoms. The molecule has 6 bridgehead atoms. The minimum atomic E-state index is -0.388. The van der Waals surface area contributed by atoms with Crippen molar-refractivity contribution in [3.8, 4) is 23.0 Å². The van der Waals surface area contributed by atoms with Gasteiger partial charge in [-0.15, -0.1) is 0 Å². The minimum absolute atomic E-state index is 0.388. The van der Waals surface area contributed by atoms with Crippen LogP contribution >= 0.6 is 0 Å². The molecule has 0 unspecified atom stereocenters. The van der Waals surface area contributed by atoms with E-state index in [4.69, 9.17) is 14.2 Å². The Labute approximate surface area is 145 Å². The molecule has 1 aliphatic heterocycles. The van der Waals surface area contributed by atoms with Crippen LogP contribution in [0.5, 0.6) is 23.0 Å². The van der Waals surface area contributed by atoms with Gasteiger partial charge >= 0.3 is 0 Å². The molecule has 122 valence electrons. The number of rotatable bonds is 0. The van der Waals surface area contributed by atoms with Crippen LogP contribution in [0.25, 0.3) is 21.5 Å². The van der Waals surface area contributed by atoms with Gasteiger partial charge in [0.15, 0.2) is 0 Å². The third kappa shape index (κ3) is 2.64. The summed E-state index contributed by atoms with van der Waals surface area (Å²) in [6, 6.07) is 24.2. The summed E-state index contributed by atoms with van der Waals surface area (Å²) >= 11 is 0. The van der Waals surface area contributed by atoms with Crippen molar-refractivity contribution in [3.05, 3.63) is 72.8 Å². The molecule has 0 saturated carbocycles. The average molecular weight is 328 g/mol. The van der Waals surface area contributed by atoms with E-state index in [2.05, 4.69) is 12.1 Å². The highest BCUT2D eigenvalue weighted by Gasteiger charge is 2.10. The zero-order chi connectivity index (χ0) is 16.8. The van der Waals surface area contributed by atoms with Crippen molar-refractivity contribution in [1.29, 1.82) is 0 Å². The summed E-state index contributed by atoms with van der Waals surface area (Å²) in [6.45, 7) is 1.90. The average Bonchev–Trinajstić information content (AvgIpc) is 2.60. The lowest BCUT2D eigenvalue weighted by atomic mass is 10.1. The molecule has 0 radical (unpaired) electrons. The molecule has 0 saturated heterocycles. The molecule has 0 atom stereocenters. The van der Waals surface area contributed by atoms with Crippen LogP contribution in [0.2, 0.25) is 0 Å². The van der Waals surface area contributed by atoms with Crippen LogP contribution < -0.4 is 14.2 Å². The van der Waals surface area contributed by atoms with Crippen LogP contribution in [0, 0.1) is 0 Å². The number of fused-ring (bicyclic) bond motifs is 4.